The number of rotatable bonds is 5. The zero-order valence-electron chi connectivity index (χ0n) is 9.84. The van der Waals surface area contributed by atoms with Gasteiger partial charge in [-0.2, -0.15) is 10.2 Å². The molecule has 0 unspecified atom stereocenters. The average Bonchev–Trinajstić information content (AvgIpc) is 2.87. The van der Waals surface area contributed by atoms with E-state index < -0.39 is 4.92 Å². The third-order valence-electron chi connectivity index (χ3n) is 2.30. The fourth-order valence-corrected chi connectivity index (χ4v) is 1.39. The Morgan fingerprint density at radius 2 is 2.21 bits per heavy atom. The van der Waals surface area contributed by atoms with Crippen LogP contribution in [0.15, 0.2) is 41.8 Å². The smallest absolute Gasteiger partial charge is 0.307 e. The minimum Gasteiger partial charge on any atom is -0.471 e. The summed E-state index contributed by atoms with van der Waals surface area (Å²) in [6, 6.07) is 7.07. The Balaban J connectivity index is 1.95. The van der Waals surface area contributed by atoms with Gasteiger partial charge in [-0.15, -0.1) is 0 Å². The van der Waals surface area contributed by atoms with Gasteiger partial charge in [0.05, 0.1) is 11.1 Å². The number of hydrogen-bond acceptors (Lipinski definition) is 6. The molecule has 1 aromatic heterocycles. The summed E-state index contributed by atoms with van der Waals surface area (Å²) in [7, 11) is 0. The van der Waals surface area contributed by atoms with Crippen molar-refractivity contribution in [2.45, 2.75) is 6.73 Å². The molecule has 2 aromatic rings. The molecule has 0 saturated heterocycles. The highest BCUT2D eigenvalue weighted by molar-refractivity contribution is 5.79. The Bertz CT molecular complexity index is 591. The van der Waals surface area contributed by atoms with Crippen molar-refractivity contribution in [3.8, 4) is 5.75 Å². The van der Waals surface area contributed by atoms with E-state index in [1.54, 1.807) is 24.3 Å². The Hall–Kier alpha value is -2.90. The Labute approximate surface area is 108 Å². The maximum Gasteiger partial charge on any atom is 0.307 e. The van der Waals surface area contributed by atoms with Gasteiger partial charge in [0.1, 0.15) is 18.1 Å². The number of hydrazone groups is 1. The van der Waals surface area contributed by atoms with Gasteiger partial charge in [0.15, 0.2) is 6.73 Å². The fourth-order valence-electron chi connectivity index (χ4n) is 1.39. The van der Waals surface area contributed by atoms with Gasteiger partial charge in [-0.05, 0) is 29.8 Å². The van der Waals surface area contributed by atoms with E-state index in [4.69, 9.17) is 10.6 Å². The van der Waals surface area contributed by atoms with E-state index in [1.807, 2.05) is 0 Å². The second-order valence-corrected chi connectivity index (χ2v) is 3.62. The van der Waals surface area contributed by atoms with Crippen molar-refractivity contribution in [3.63, 3.8) is 0 Å². The molecule has 0 spiro atoms. The lowest BCUT2D eigenvalue weighted by Gasteiger charge is -2.05. The predicted molar refractivity (Wildman–Crippen MR) is 67.7 cm³/mol. The summed E-state index contributed by atoms with van der Waals surface area (Å²) in [6.45, 7) is 0.0954. The van der Waals surface area contributed by atoms with E-state index in [-0.39, 0.29) is 12.4 Å². The van der Waals surface area contributed by atoms with Crippen LogP contribution < -0.4 is 10.6 Å². The standard InChI is InChI=1S/C11H11N5O3/c12-13-5-9-1-3-11(4-2-9)19-8-15-7-10(6-14-15)16(17)18/h1-7H,8,12H2. The summed E-state index contributed by atoms with van der Waals surface area (Å²) in [4.78, 5) is 9.97. The number of ether oxygens (including phenoxy) is 1. The molecule has 1 heterocycles. The lowest BCUT2D eigenvalue weighted by molar-refractivity contribution is -0.385. The summed E-state index contributed by atoms with van der Waals surface area (Å²) < 4.78 is 6.76. The molecule has 0 aliphatic heterocycles. The van der Waals surface area contributed by atoms with Crippen LogP contribution in [0.3, 0.4) is 0 Å². The summed E-state index contributed by atoms with van der Waals surface area (Å²) in [5.41, 5.74) is 0.780. The second-order valence-electron chi connectivity index (χ2n) is 3.62. The van der Waals surface area contributed by atoms with Gasteiger partial charge in [-0.25, -0.2) is 4.68 Å². The largest absolute Gasteiger partial charge is 0.471 e. The molecular formula is C11H11N5O3. The highest BCUT2D eigenvalue weighted by atomic mass is 16.6. The number of nitrogens with zero attached hydrogens (tertiary/aromatic N) is 4. The van der Waals surface area contributed by atoms with Crippen LogP contribution >= 0.6 is 0 Å². The van der Waals surface area contributed by atoms with Crippen molar-refractivity contribution in [2.75, 3.05) is 0 Å². The fraction of sp³-hybridized carbons (Fsp3) is 0.0909. The molecule has 0 aliphatic rings. The predicted octanol–water partition coefficient (Wildman–Crippen LogP) is 1.12. The van der Waals surface area contributed by atoms with Crippen LogP contribution in [0.25, 0.3) is 0 Å². The van der Waals surface area contributed by atoms with Crippen LogP contribution in [0, 0.1) is 10.1 Å². The third-order valence-corrected chi connectivity index (χ3v) is 2.30. The topological polar surface area (TPSA) is 109 Å². The zero-order chi connectivity index (χ0) is 13.7. The van der Waals surface area contributed by atoms with Crippen molar-refractivity contribution >= 4 is 11.9 Å². The van der Waals surface area contributed by atoms with Gasteiger partial charge >= 0.3 is 5.69 Å². The third kappa shape index (κ3) is 3.28. The van der Waals surface area contributed by atoms with Crippen molar-refractivity contribution in [1.82, 2.24) is 9.78 Å². The molecule has 0 saturated carbocycles. The first-order valence-electron chi connectivity index (χ1n) is 5.32. The van der Waals surface area contributed by atoms with E-state index in [0.29, 0.717) is 5.75 Å². The lowest BCUT2D eigenvalue weighted by atomic mass is 10.2. The molecule has 0 radical (unpaired) electrons. The first kappa shape index (κ1) is 12.6. The molecule has 98 valence electrons. The van der Waals surface area contributed by atoms with Crippen molar-refractivity contribution in [2.24, 2.45) is 10.9 Å². The quantitative estimate of drug-likeness (QED) is 0.375. The summed E-state index contributed by atoms with van der Waals surface area (Å²) in [6.07, 6.45) is 3.99. The Kier molecular flexibility index (Phi) is 3.72. The van der Waals surface area contributed by atoms with Crippen LogP contribution in [0.5, 0.6) is 5.75 Å². The monoisotopic (exact) mass is 261 g/mol. The number of nitrogens with two attached hydrogens (primary N) is 1. The SMILES string of the molecule is NN=Cc1ccc(OCn2cc([N+](=O)[O-])cn2)cc1. The van der Waals surface area contributed by atoms with Crippen LogP contribution in [0.4, 0.5) is 5.69 Å². The first-order chi connectivity index (χ1) is 9.19. The molecule has 1 aromatic carbocycles. The van der Waals surface area contributed by atoms with Crippen molar-refractivity contribution in [3.05, 3.63) is 52.3 Å². The lowest BCUT2D eigenvalue weighted by Crippen LogP contribution is -2.05. The maximum absolute atomic E-state index is 10.5. The Morgan fingerprint density at radius 1 is 1.47 bits per heavy atom. The highest BCUT2D eigenvalue weighted by Crippen LogP contribution is 2.13. The van der Waals surface area contributed by atoms with E-state index in [2.05, 4.69) is 10.2 Å². The van der Waals surface area contributed by atoms with E-state index in [1.165, 1.54) is 23.3 Å². The number of hydrogen-bond donors (Lipinski definition) is 1. The van der Waals surface area contributed by atoms with Gasteiger partial charge in [-0.3, -0.25) is 10.1 Å². The molecule has 8 nitrogen and oxygen atoms in total. The normalized spacial score (nSPS) is 10.7. The van der Waals surface area contributed by atoms with E-state index in [0.717, 1.165) is 5.56 Å². The van der Waals surface area contributed by atoms with E-state index in [9.17, 15) is 10.1 Å². The van der Waals surface area contributed by atoms with Crippen molar-refractivity contribution in [1.29, 1.82) is 0 Å². The maximum atomic E-state index is 10.5. The molecular weight excluding hydrogens is 250 g/mol. The summed E-state index contributed by atoms with van der Waals surface area (Å²) in [5, 5.41) is 17.7. The number of benzene rings is 1. The minimum atomic E-state index is -0.509. The second kappa shape index (κ2) is 5.63. The molecule has 2 N–H and O–H groups in total. The summed E-state index contributed by atoms with van der Waals surface area (Å²) >= 11 is 0. The highest BCUT2D eigenvalue weighted by Gasteiger charge is 2.08. The molecule has 0 atom stereocenters. The molecule has 0 fully saturated rings. The minimum absolute atomic E-state index is 0.0712. The van der Waals surface area contributed by atoms with E-state index >= 15 is 0 Å². The molecule has 2 rings (SSSR count). The number of nitro groups is 1. The van der Waals surface area contributed by atoms with Crippen LogP contribution in [-0.4, -0.2) is 20.9 Å². The van der Waals surface area contributed by atoms with Crippen LogP contribution in [0.2, 0.25) is 0 Å². The van der Waals surface area contributed by atoms with Crippen LogP contribution in [-0.2, 0) is 6.73 Å². The first-order valence-corrected chi connectivity index (χ1v) is 5.32. The molecule has 0 bridgehead atoms. The zero-order valence-corrected chi connectivity index (χ0v) is 9.84. The average molecular weight is 261 g/mol. The van der Waals surface area contributed by atoms with Gasteiger partial charge in [-0.1, -0.05) is 0 Å². The summed E-state index contributed by atoms with van der Waals surface area (Å²) in [5.74, 6) is 5.65. The van der Waals surface area contributed by atoms with Gasteiger partial charge in [0.25, 0.3) is 0 Å². The molecule has 8 heteroatoms. The molecule has 0 aliphatic carbocycles. The van der Waals surface area contributed by atoms with Crippen LogP contribution in [0.1, 0.15) is 5.56 Å². The van der Waals surface area contributed by atoms with Gasteiger partial charge in [0.2, 0.25) is 0 Å². The number of aromatic nitrogens is 2. The Morgan fingerprint density at radius 3 is 2.79 bits per heavy atom. The van der Waals surface area contributed by atoms with Gasteiger partial charge < -0.3 is 10.6 Å². The van der Waals surface area contributed by atoms with Crippen molar-refractivity contribution < 1.29 is 9.66 Å². The molecule has 0 amide bonds. The van der Waals surface area contributed by atoms with Gasteiger partial charge in [0, 0.05) is 0 Å². The molecule has 19 heavy (non-hydrogen) atoms.